The second kappa shape index (κ2) is 4.28. The van der Waals surface area contributed by atoms with E-state index in [1.807, 2.05) is 0 Å². The van der Waals surface area contributed by atoms with Gasteiger partial charge in [-0.2, -0.15) is 0 Å². The van der Waals surface area contributed by atoms with E-state index in [0.717, 1.165) is 6.08 Å². The van der Waals surface area contributed by atoms with Crippen molar-refractivity contribution >= 4 is 23.5 Å². The fraction of sp³-hybridized carbons (Fsp3) is 0.500. The molecule has 0 aliphatic rings. The molecule has 13 heavy (non-hydrogen) atoms. The highest BCUT2D eigenvalue weighted by Gasteiger charge is 2.27. The Morgan fingerprint density at radius 1 is 1.38 bits per heavy atom. The molecule has 0 aromatic rings. The minimum Gasteiger partial charge on any atom is -0.481 e. The van der Waals surface area contributed by atoms with Crippen molar-refractivity contribution in [3.05, 3.63) is 11.1 Å². The van der Waals surface area contributed by atoms with Crippen molar-refractivity contribution in [3.63, 3.8) is 0 Å². The van der Waals surface area contributed by atoms with Crippen LogP contribution in [-0.2, 0) is 9.59 Å². The van der Waals surface area contributed by atoms with Gasteiger partial charge in [-0.3, -0.25) is 4.79 Å². The summed E-state index contributed by atoms with van der Waals surface area (Å²) in [5.74, 6) is -2.18. The van der Waals surface area contributed by atoms with E-state index in [2.05, 4.69) is 0 Å². The van der Waals surface area contributed by atoms with Gasteiger partial charge in [-0.25, -0.2) is 4.79 Å². The summed E-state index contributed by atoms with van der Waals surface area (Å²) in [4.78, 5) is 20.8. The lowest BCUT2D eigenvalue weighted by molar-refractivity contribution is -0.146. The van der Waals surface area contributed by atoms with Crippen molar-refractivity contribution in [1.29, 1.82) is 0 Å². The van der Waals surface area contributed by atoms with Crippen LogP contribution in [0.3, 0.4) is 0 Å². The predicted molar refractivity (Wildman–Crippen MR) is 47.6 cm³/mol. The molecular formula is C8H11ClO4. The molecule has 0 rings (SSSR count). The van der Waals surface area contributed by atoms with E-state index >= 15 is 0 Å². The van der Waals surface area contributed by atoms with Crippen LogP contribution >= 0.6 is 11.6 Å². The summed E-state index contributed by atoms with van der Waals surface area (Å²) < 4.78 is 0. The van der Waals surface area contributed by atoms with E-state index in [4.69, 9.17) is 21.8 Å². The molecule has 0 aliphatic heterocycles. The zero-order valence-electron chi connectivity index (χ0n) is 7.37. The Kier molecular flexibility index (Phi) is 3.94. The molecule has 0 spiro atoms. The largest absolute Gasteiger partial charge is 0.481 e. The maximum absolute atomic E-state index is 10.6. The van der Waals surface area contributed by atoms with Gasteiger partial charge in [0.25, 0.3) is 0 Å². The molecule has 2 N–H and O–H groups in total. The quantitative estimate of drug-likeness (QED) is 0.687. The van der Waals surface area contributed by atoms with Crippen molar-refractivity contribution < 1.29 is 19.8 Å². The Balaban J connectivity index is 4.45. The second-order valence-corrected chi connectivity index (χ2v) is 3.78. The summed E-state index contributed by atoms with van der Waals surface area (Å²) in [6, 6.07) is 0. The van der Waals surface area contributed by atoms with Crippen LogP contribution in [0.2, 0.25) is 0 Å². The zero-order chi connectivity index (χ0) is 10.6. The van der Waals surface area contributed by atoms with E-state index in [1.54, 1.807) is 0 Å². The van der Waals surface area contributed by atoms with Crippen molar-refractivity contribution in [2.24, 2.45) is 5.41 Å². The highest BCUT2D eigenvalue weighted by atomic mass is 35.5. The summed E-state index contributed by atoms with van der Waals surface area (Å²) >= 11 is 5.52. The average molecular weight is 207 g/mol. The minimum absolute atomic E-state index is 0.0101. The maximum Gasteiger partial charge on any atom is 0.329 e. The standard InChI is InChI=1S/C8H11ClO4/c1-8(2,7(12)13)4-5(9)3-6(10)11/h3H,4H2,1-2H3,(H,10,11)(H,12,13)/b5-3-. The molecule has 0 amide bonds. The number of carbonyl (C=O) groups is 2. The summed E-state index contributed by atoms with van der Waals surface area (Å²) in [6.07, 6.45) is 0.808. The Morgan fingerprint density at radius 2 is 1.85 bits per heavy atom. The van der Waals surface area contributed by atoms with Crippen LogP contribution in [0.25, 0.3) is 0 Å². The van der Waals surface area contributed by atoms with Gasteiger partial charge >= 0.3 is 11.9 Å². The number of aliphatic carboxylic acids is 2. The first kappa shape index (κ1) is 12.0. The lowest BCUT2D eigenvalue weighted by Crippen LogP contribution is -2.23. The molecule has 0 atom stereocenters. The summed E-state index contributed by atoms with van der Waals surface area (Å²) in [5.41, 5.74) is -1.04. The Labute approximate surface area is 80.8 Å². The number of hydrogen-bond acceptors (Lipinski definition) is 2. The van der Waals surface area contributed by atoms with Crippen LogP contribution in [0.1, 0.15) is 20.3 Å². The Morgan fingerprint density at radius 3 is 2.15 bits per heavy atom. The Hall–Kier alpha value is -1.03. The van der Waals surface area contributed by atoms with Crippen LogP contribution < -0.4 is 0 Å². The van der Waals surface area contributed by atoms with Gasteiger partial charge in [0.15, 0.2) is 0 Å². The summed E-state index contributed by atoms with van der Waals surface area (Å²) in [7, 11) is 0. The number of hydrogen-bond donors (Lipinski definition) is 2. The number of carboxylic acids is 2. The van der Waals surface area contributed by atoms with Crippen LogP contribution in [0, 0.1) is 5.41 Å². The SMILES string of the molecule is CC(C)(C/C(Cl)=C/C(=O)O)C(=O)O. The van der Waals surface area contributed by atoms with Gasteiger partial charge in [-0.15, -0.1) is 0 Å². The number of carboxylic acid groups (broad SMARTS) is 2. The van der Waals surface area contributed by atoms with Crippen LogP contribution in [-0.4, -0.2) is 22.2 Å². The highest BCUT2D eigenvalue weighted by molar-refractivity contribution is 6.30. The summed E-state index contributed by atoms with van der Waals surface area (Å²) in [6.45, 7) is 2.96. The molecule has 74 valence electrons. The van der Waals surface area contributed by atoms with Gasteiger partial charge in [0, 0.05) is 11.1 Å². The average Bonchev–Trinajstić information content (AvgIpc) is 1.82. The molecule has 0 fully saturated rings. The first-order valence-electron chi connectivity index (χ1n) is 3.58. The third kappa shape index (κ3) is 4.52. The van der Waals surface area contributed by atoms with Crippen molar-refractivity contribution in [1.82, 2.24) is 0 Å². The number of rotatable bonds is 4. The van der Waals surface area contributed by atoms with Gasteiger partial charge < -0.3 is 10.2 Å². The molecular weight excluding hydrogens is 196 g/mol. The first-order chi connectivity index (χ1) is 5.75. The number of allylic oxidation sites excluding steroid dienone is 1. The van der Waals surface area contributed by atoms with Gasteiger partial charge in [-0.1, -0.05) is 11.6 Å². The van der Waals surface area contributed by atoms with Gasteiger partial charge in [0.05, 0.1) is 5.41 Å². The topological polar surface area (TPSA) is 74.6 Å². The molecule has 0 radical (unpaired) electrons. The van der Waals surface area contributed by atoms with Gasteiger partial charge in [0.2, 0.25) is 0 Å². The monoisotopic (exact) mass is 206 g/mol. The molecule has 0 saturated carbocycles. The van der Waals surface area contributed by atoms with Crippen LogP contribution in [0.15, 0.2) is 11.1 Å². The normalized spacial score (nSPS) is 12.7. The van der Waals surface area contributed by atoms with E-state index in [1.165, 1.54) is 13.8 Å². The Bertz CT molecular complexity index is 255. The molecule has 5 heteroatoms. The fourth-order valence-corrected chi connectivity index (χ4v) is 1.11. The fourth-order valence-electron chi connectivity index (χ4n) is 0.683. The molecule has 4 nitrogen and oxygen atoms in total. The molecule has 0 aromatic heterocycles. The van der Waals surface area contributed by atoms with Crippen molar-refractivity contribution in [2.45, 2.75) is 20.3 Å². The van der Waals surface area contributed by atoms with E-state index in [9.17, 15) is 9.59 Å². The van der Waals surface area contributed by atoms with Crippen LogP contribution in [0.5, 0.6) is 0 Å². The zero-order valence-corrected chi connectivity index (χ0v) is 8.13. The summed E-state index contributed by atoms with van der Waals surface area (Å²) in [5, 5.41) is 17.0. The maximum atomic E-state index is 10.6. The highest BCUT2D eigenvalue weighted by Crippen LogP contribution is 2.27. The lowest BCUT2D eigenvalue weighted by Gasteiger charge is -2.17. The predicted octanol–water partition coefficient (Wildman–Crippen LogP) is 1.69. The minimum atomic E-state index is -1.17. The second-order valence-electron chi connectivity index (χ2n) is 3.30. The first-order valence-corrected chi connectivity index (χ1v) is 3.96. The molecule has 0 saturated heterocycles. The molecule has 0 unspecified atom stereocenters. The van der Waals surface area contributed by atoms with Crippen LogP contribution in [0.4, 0.5) is 0 Å². The smallest absolute Gasteiger partial charge is 0.329 e. The third-order valence-electron chi connectivity index (χ3n) is 1.47. The number of halogens is 1. The van der Waals surface area contributed by atoms with E-state index < -0.39 is 17.4 Å². The van der Waals surface area contributed by atoms with Gasteiger partial charge in [0.1, 0.15) is 0 Å². The lowest BCUT2D eigenvalue weighted by atomic mass is 9.89. The van der Waals surface area contributed by atoms with Gasteiger partial charge in [-0.05, 0) is 20.3 Å². The third-order valence-corrected chi connectivity index (χ3v) is 1.71. The molecule has 0 bridgehead atoms. The van der Waals surface area contributed by atoms with Crippen molar-refractivity contribution in [3.8, 4) is 0 Å². The van der Waals surface area contributed by atoms with Crippen molar-refractivity contribution in [2.75, 3.05) is 0 Å². The van der Waals surface area contributed by atoms with E-state index in [-0.39, 0.29) is 11.5 Å². The molecule has 0 heterocycles. The van der Waals surface area contributed by atoms with E-state index in [0.29, 0.717) is 0 Å². The molecule has 0 aliphatic carbocycles. The molecule has 0 aromatic carbocycles.